The minimum Gasteiger partial charge on any atom is -0.458 e. The van der Waals surface area contributed by atoms with Crippen molar-refractivity contribution in [2.24, 2.45) is 5.73 Å². The number of nitrogens with two attached hydrogens (primary N) is 1. The normalized spacial score (nSPS) is 22.8. The standard InChI is InChI=1S/C25H25N3O6/c1-3-25(31)18(14(11-29)12-32-24(25)30)8-20-23-17(10-28(20)2)15(5-4-6-26)16-7-21-22(34-13-33-21)9-19(16)27-23/h4-5,7-9,11,31H,3,6,10,12-13,26H2,1-2H3/b5-4+,20-8-/t25-/m0/s1. The van der Waals surface area contributed by atoms with Crippen LogP contribution in [0.3, 0.4) is 0 Å². The molecule has 2 aromatic rings. The Bertz CT molecular complexity index is 1310. The average molecular weight is 463 g/mol. The summed E-state index contributed by atoms with van der Waals surface area (Å²) >= 11 is 0. The van der Waals surface area contributed by atoms with Gasteiger partial charge in [0, 0.05) is 48.3 Å². The van der Waals surface area contributed by atoms with E-state index in [0.717, 1.165) is 16.5 Å². The number of aromatic nitrogens is 1. The predicted octanol–water partition coefficient (Wildman–Crippen LogP) is 1.92. The van der Waals surface area contributed by atoms with E-state index in [0.29, 0.717) is 47.8 Å². The molecule has 0 unspecified atom stereocenters. The number of ether oxygens (including phenoxy) is 3. The third-order valence-corrected chi connectivity index (χ3v) is 6.52. The number of esters is 1. The number of hydrogen-bond donors (Lipinski definition) is 2. The van der Waals surface area contributed by atoms with E-state index in [1.165, 1.54) is 0 Å². The number of benzene rings is 1. The van der Waals surface area contributed by atoms with Crippen LogP contribution in [0.1, 0.15) is 30.2 Å². The quantitative estimate of drug-likeness (QED) is 0.505. The van der Waals surface area contributed by atoms with Gasteiger partial charge in [0.1, 0.15) is 12.9 Å². The molecule has 34 heavy (non-hydrogen) atoms. The first-order chi connectivity index (χ1) is 16.4. The van der Waals surface area contributed by atoms with Crippen LogP contribution in [0.5, 0.6) is 11.5 Å². The number of carbonyl (C=O) groups is 2. The third kappa shape index (κ3) is 3.27. The Morgan fingerprint density at radius 3 is 2.74 bits per heavy atom. The van der Waals surface area contributed by atoms with E-state index in [2.05, 4.69) is 0 Å². The molecular formula is C25H25N3O6. The average Bonchev–Trinajstić information content (AvgIpc) is 3.42. The van der Waals surface area contributed by atoms with Crippen LogP contribution in [-0.2, 0) is 20.9 Å². The maximum Gasteiger partial charge on any atom is 0.343 e. The molecule has 3 aliphatic heterocycles. The number of fused-ring (bicyclic) bond motifs is 3. The zero-order valence-corrected chi connectivity index (χ0v) is 19.0. The van der Waals surface area contributed by atoms with E-state index in [9.17, 15) is 14.7 Å². The van der Waals surface area contributed by atoms with Gasteiger partial charge in [0.25, 0.3) is 0 Å². The summed E-state index contributed by atoms with van der Waals surface area (Å²) in [5.41, 5.74) is 8.32. The molecule has 3 aliphatic rings. The lowest BCUT2D eigenvalue weighted by atomic mass is 9.85. The maximum atomic E-state index is 12.4. The number of nitrogens with zero attached hydrogens (tertiary/aromatic N) is 2. The lowest BCUT2D eigenvalue weighted by molar-refractivity contribution is -0.162. The van der Waals surface area contributed by atoms with Crippen LogP contribution >= 0.6 is 0 Å². The van der Waals surface area contributed by atoms with Crippen LogP contribution in [0.2, 0.25) is 0 Å². The van der Waals surface area contributed by atoms with Gasteiger partial charge in [-0.15, -0.1) is 0 Å². The fourth-order valence-corrected chi connectivity index (χ4v) is 4.64. The van der Waals surface area contributed by atoms with Crippen molar-refractivity contribution in [1.82, 2.24) is 9.88 Å². The van der Waals surface area contributed by atoms with Crippen LogP contribution in [0.4, 0.5) is 0 Å². The van der Waals surface area contributed by atoms with Crippen molar-refractivity contribution in [3.05, 3.63) is 52.3 Å². The van der Waals surface area contributed by atoms with Crippen LogP contribution in [-0.4, -0.2) is 59.8 Å². The molecule has 9 heteroatoms. The summed E-state index contributed by atoms with van der Waals surface area (Å²) < 4.78 is 16.2. The van der Waals surface area contributed by atoms with Crippen molar-refractivity contribution in [2.75, 3.05) is 27.0 Å². The molecule has 0 saturated heterocycles. The van der Waals surface area contributed by atoms with Gasteiger partial charge in [-0.25, -0.2) is 9.78 Å². The third-order valence-electron chi connectivity index (χ3n) is 6.52. The van der Waals surface area contributed by atoms with Crippen molar-refractivity contribution in [3.63, 3.8) is 0 Å². The van der Waals surface area contributed by atoms with Crippen molar-refractivity contribution in [2.45, 2.75) is 25.5 Å². The number of cyclic esters (lactones) is 1. The van der Waals surface area contributed by atoms with Crippen LogP contribution in [0.25, 0.3) is 22.7 Å². The van der Waals surface area contributed by atoms with Crippen molar-refractivity contribution < 1.29 is 28.9 Å². The van der Waals surface area contributed by atoms with Gasteiger partial charge in [0.15, 0.2) is 17.1 Å². The van der Waals surface area contributed by atoms with Gasteiger partial charge < -0.3 is 30.0 Å². The van der Waals surface area contributed by atoms with Crippen LogP contribution < -0.4 is 15.2 Å². The molecule has 1 atom stereocenters. The molecule has 176 valence electrons. The highest BCUT2D eigenvalue weighted by Crippen LogP contribution is 2.43. The first-order valence-electron chi connectivity index (χ1n) is 11.1. The Morgan fingerprint density at radius 1 is 1.26 bits per heavy atom. The van der Waals surface area contributed by atoms with Gasteiger partial charge in [-0.2, -0.15) is 0 Å². The van der Waals surface area contributed by atoms with E-state index in [1.54, 1.807) is 13.0 Å². The summed E-state index contributed by atoms with van der Waals surface area (Å²) in [6.45, 7) is 2.56. The molecule has 0 radical (unpaired) electrons. The molecule has 0 aliphatic carbocycles. The van der Waals surface area contributed by atoms with E-state index >= 15 is 0 Å². The summed E-state index contributed by atoms with van der Waals surface area (Å²) in [5, 5.41) is 12.0. The topological polar surface area (TPSA) is 124 Å². The number of hydrogen-bond acceptors (Lipinski definition) is 9. The molecule has 0 bridgehead atoms. The van der Waals surface area contributed by atoms with E-state index in [4.69, 9.17) is 24.9 Å². The van der Waals surface area contributed by atoms with E-state index < -0.39 is 11.6 Å². The van der Waals surface area contributed by atoms with Gasteiger partial charge in [-0.1, -0.05) is 19.1 Å². The Hall–Kier alpha value is -3.69. The van der Waals surface area contributed by atoms with E-state index in [-0.39, 0.29) is 31.0 Å². The van der Waals surface area contributed by atoms with Gasteiger partial charge >= 0.3 is 5.97 Å². The number of carbonyl (C=O) groups excluding carboxylic acids is 2. The highest BCUT2D eigenvalue weighted by molar-refractivity contribution is 5.96. The van der Waals surface area contributed by atoms with Crippen molar-refractivity contribution in [3.8, 4) is 11.5 Å². The van der Waals surface area contributed by atoms with Crippen molar-refractivity contribution in [1.29, 1.82) is 0 Å². The lowest BCUT2D eigenvalue weighted by Gasteiger charge is -2.32. The van der Waals surface area contributed by atoms with Crippen LogP contribution in [0.15, 0.2) is 35.4 Å². The molecule has 4 heterocycles. The number of aliphatic hydroxyl groups is 1. The Balaban J connectivity index is 1.76. The molecule has 0 spiro atoms. The molecule has 0 fully saturated rings. The van der Waals surface area contributed by atoms with Gasteiger partial charge in [0.05, 0.1) is 16.9 Å². The molecular weight excluding hydrogens is 438 g/mol. The molecule has 1 aromatic heterocycles. The number of aldehydes is 1. The SMILES string of the molecule is CC[C@@]1(O)C(=O)OCC(C=O)=C1/C=C1/c2nc3cc4c(cc3c(/C=C/CN)c2CN1C)OCO4. The fraction of sp³-hybridized carbons (Fsp3) is 0.320. The summed E-state index contributed by atoms with van der Waals surface area (Å²) in [7, 11) is 1.90. The van der Waals surface area contributed by atoms with Gasteiger partial charge in [-0.05, 0) is 24.1 Å². The minimum atomic E-state index is -1.91. The second-order valence-electron chi connectivity index (χ2n) is 8.45. The van der Waals surface area contributed by atoms with Crippen molar-refractivity contribution >= 4 is 34.9 Å². The first kappa shape index (κ1) is 22.1. The molecule has 3 N–H and O–H groups in total. The zero-order chi connectivity index (χ0) is 24.0. The summed E-state index contributed by atoms with van der Waals surface area (Å²) in [6, 6.07) is 3.76. The molecule has 5 rings (SSSR count). The fourth-order valence-electron chi connectivity index (χ4n) is 4.64. The summed E-state index contributed by atoms with van der Waals surface area (Å²) in [4.78, 5) is 31.1. The second-order valence-corrected chi connectivity index (χ2v) is 8.45. The Labute approximate surface area is 196 Å². The van der Waals surface area contributed by atoms with Crippen LogP contribution in [0, 0.1) is 0 Å². The molecule has 0 amide bonds. The highest BCUT2D eigenvalue weighted by atomic mass is 16.7. The number of pyridine rings is 1. The largest absolute Gasteiger partial charge is 0.458 e. The highest BCUT2D eigenvalue weighted by Gasteiger charge is 2.44. The maximum absolute atomic E-state index is 12.4. The first-order valence-corrected chi connectivity index (χ1v) is 11.1. The number of rotatable bonds is 5. The molecule has 9 nitrogen and oxygen atoms in total. The minimum absolute atomic E-state index is 0.0674. The second kappa shape index (κ2) is 8.27. The van der Waals surface area contributed by atoms with Gasteiger partial charge in [-0.3, -0.25) is 4.79 Å². The smallest absolute Gasteiger partial charge is 0.343 e. The van der Waals surface area contributed by atoms with Gasteiger partial charge in [0.2, 0.25) is 6.79 Å². The predicted molar refractivity (Wildman–Crippen MR) is 125 cm³/mol. The summed E-state index contributed by atoms with van der Waals surface area (Å²) in [5.74, 6) is 0.513. The van der Waals surface area contributed by atoms with E-state index in [1.807, 2.05) is 36.2 Å². The monoisotopic (exact) mass is 463 g/mol. The lowest BCUT2D eigenvalue weighted by Crippen LogP contribution is -2.45. The molecule has 1 aromatic carbocycles. The molecule has 0 saturated carbocycles. The Kier molecular flexibility index (Phi) is 5.38. The summed E-state index contributed by atoms with van der Waals surface area (Å²) in [6.07, 6.45) is 6.22. The Morgan fingerprint density at radius 2 is 2.03 bits per heavy atom. The zero-order valence-electron chi connectivity index (χ0n) is 19.0.